The topological polar surface area (TPSA) is 34.7 Å². The second-order valence-electron chi connectivity index (χ2n) is 1.80. The second-order valence-corrected chi connectivity index (χ2v) is 1.80. The molecule has 0 aromatic carbocycles. The second kappa shape index (κ2) is 3.10. The lowest BCUT2D eigenvalue weighted by atomic mass is 10.3. The van der Waals surface area contributed by atoms with Gasteiger partial charge in [-0.25, -0.2) is 0 Å². The standard InChI is InChI=1S/C7H9N.H2O/c1-7-5-3-4-6-8(7)2;/h3-6H,1H2,2H3;1H2. The van der Waals surface area contributed by atoms with E-state index >= 15 is 0 Å². The van der Waals surface area contributed by atoms with Crippen LogP contribution in [0.15, 0.2) is 36.7 Å². The molecule has 0 aliphatic carbocycles. The molecule has 2 N–H and O–H groups in total. The zero-order valence-corrected chi connectivity index (χ0v) is 5.46. The molecule has 50 valence electrons. The van der Waals surface area contributed by atoms with Gasteiger partial charge in [0.2, 0.25) is 0 Å². The Hall–Kier alpha value is -1.02. The number of rotatable bonds is 0. The first-order valence-corrected chi connectivity index (χ1v) is 2.57. The van der Waals surface area contributed by atoms with Gasteiger partial charge < -0.3 is 10.4 Å². The molecule has 1 aliphatic heterocycles. The minimum Gasteiger partial charge on any atom is -0.412 e. The molecule has 2 nitrogen and oxygen atoms in total. The highest BCUT2D eigenvalue weighted by molar-refractivity contribution is 5.24. The predicted octanol–water partition coefficient (Wildman–Crippen LogP) is 0.691. The fourth-order valence-corrected chi connectivity index (χ4v) is 0.559. The van der Waals surface area contributed by atoms with Crippen molar-refractivity contribution in [2.45, 2.75) is 0 Å². The lowest BCUT2D eigenvalue weighted by molar-refractivity contribution is 0.587. The summed E-state index contributed by atoms with van der Waals surface area (Å²) in [6.07, 6.45) is 7.90. The number of nitrogens with zero attached hydrogens (tertiary/aromatic N) is 1. The van der Waals surface area contributed by atoms with Crippen LogP contribution in [0, 0.1) is 0 Å². The Morgan fingerprint density at radius 3 is 2.44 bits per heavy atom. The molecule has 1 aliphatic rings. The summed E-state index contributed by atoms with van der Waals surface area (Å²) in [7, 11) is 1.97. The highest BCUT2D eigenvalue weighted by atomic mass is 16.0. The Morgan fingerprint density at radius 1 is 1.44 bits per heavy atom. The molecule has 0 unspecified atom stereocenters. The van der Waals surface area contributed by atoms with Crippen molar-refractivity contribution >= 4 is 0 Å². The van der Waals surface area contributed by atoms with Gasteiger partial charge in [-0.3, -0.25) is 0 Å². The lowest BCUT2D eigenvalue weighted by Crippen LogP contribution is -2.08. The zero-order chi connectivity index (χ0) is 5.98. The minimum absolute atomic E-state index is 0. The number of allylic oxidation sites excluding steroid dienone is 3. The van der Waals surface area contributed by atoms with Gasteiger partial charge in [0.15, 0.2) is 0 Å². The first-order chi connectivity index (χ1) is 3.80. The van der Waals surface area contributed by atoms with Crippen LogP contribution in [-0.2, 0) is 0 Å². The van der Waals surface area contributed by atoms with Crippen molar-refractivity contribution in [3.05, 3.63) is 36.7 Å². The number of likely N-dealkylation sites (N-methyl/N-ethyl adjacent to an activating group) is 1. The highest BCUT2D eigenvalue weighted by Gasteiger charge is 1.93. The molecule has 0 saturated carbocycles. The van der Waals surface area contributed by atoms with Crippen molar-refractivity contribution in [2.24, 2.45) is 0 Å². The van der Waals surface area contributed by atoms with Gasteiger partial charge in [-0.1, -0.05) is 12.7 Å². The van der Waals surface area contributed by atoms with Gasteiger partial charge in [-0.05, 0) is 12.2 Å². The first-order valence-electron chi connectivity index (χ1n) is 2.57. The summed E-state index contributed by atoms with van der Waals surface area (Å²) in [6.45, 7) is 3.78. The zero-order valence-electron chi connectivity index (χ0n) is 5.46. The summed E-state index contributed by atoms with van der Waals surface area (Å²) in [6, 6.07) is 0. The molecule has 0 radical (unpaired) electrons. The third-order valence-electron chi connectivity index (χ3n) is 1.16. The van der Waals surface area contributed by atoms with E-state index in [2.05, 4.69) is 6.58 Å². The maximum atomic E-state index is 3.78. The van der Waals surface area contributed by atoms with Gasteiger partial charge in [0.05, 0.1) is 0 Å². The summed E-state index contributed by atoms with van der Waals surface area (Å²) in [5, 5.41) is 0. The van der Waals surface area contributed by atoms with E-state index in [9.17, 15) is 0 Å². The molecule has 0 aromatic rings. The Bertz CT molecular complexity index is 158. The van der Waals surface area contributed by atoms with Crippen LogP contribution in [0.5, 0.6) is 0 Å². The minimum atomic E-state index is 0. The summed E-state index contributed by atoms with van der Waals surface area (Å²) in [5.41, 5.74) is 1.03. The summed E-state index contributed by atoms with van der Waals surface area (Å²) in [5.74, 6) is 0. The largest absolute Gasteiger partial charge is 0.412 e. The van der Waals surface area contributed by atoms with Gasteiger partial charge in [-0.2, -0.15) is 0 Å². The maximum Gasteiger partial charge on any atom is 0.0330 e. The van der Waals surface area contributed by atoms with E-state index in [4.69, 9.17) is 0 Å². The molecule has 0 aromatic heterocycles. The molecule has 9 heavy (non-hydrogen) atoms. The van der Waals surface area contributed by atoms with Crippen LogP contribution in [0.2, 0.25) is 0 Å². The van der Waals surface area contributed by atoms with Gasteiger partial charge in [0.25, 0.3) is 0 Å². The summed E-state index contributed by atoms with van der Waals surface area (Å²) in [4.78, 5) is 1.97. The Kier molecular flexibility index (Phi) is 2.74. The number of hydrogen-bond donors (Lipinski definition) is 0. The van der Waals surface area contributed by atoms with Crippen molar-refractivity contribution in [2.75, 3.05) is 7.05 Å². The average molecular weight is 125 g/mol. The van der Waals surface area contributed by atoms with E-state index in [1.165, 1.54) is 0 Å². The van der Waals surface area contributed by atoms with Crippen molar-refractivity contribution in [3.63, 3.8) is 0 Å². The van der Waals surface area contributed by atoms with E-state index in [0.717, 1.165) is 5.70 Å². The third kappa shape index (κ3) is 1.74. The first kappa shape index (κ1) is 7.98. The fraction of sp³-hybridized carbons (Fsp3) is 0.143. The molecule has 0 fully saturated rings. The SMILES string of the molecule is C=C1C=CC=CN1C.O. The third-order valence-corrected chi connectivity index (χ3v) is 1.16. The van der Waals surface area contributed by atoms with Crippen molar-refractivity contribution in [1.82, 2.24) is 4.90 Å². The Labute approximate surface area is 55.1 Å². The summed E-state index contributed by atoms with van der Waals surface area (Å²) < 4.78 is 0. The molecular formula is C7H11NO. The van der Waals surface area contributed by atoms with Crippen molar-refractivity contribution < 1.29 is 5.48 Å². The molecule has 0 atom stereocenters. The lowest BCUT2D eigenvalue weighted by Gasteiger charge is -2.15. The highest BCUT2D eigenvalue weighted by Crippen LogP contribution is 2.04. The maximum absolute atomic E-state index is 3.78. The quantitative estimate of drug-likeness (QED) is 0.469. The summed E-state index contributed by atoms with van der Waals surface area (Å²) >= 11 is 0. The van der Waals surface area contributed by atoms with Gasteiger partial charge in [0.1, 0.15) is 0 Å². The van der Waals surface area contributed by atoms with E-state index in [1.54, 1.807) is 0 Å². The van der Waals surface area contributed by atoms with Gasteiger partial charge in [-0.15, -0.1) is 0 Å². The monoisotopic (exact) mass is 125 g/mol. The number of hydrogen-bond acceptors (Lipinski definition) is 1. The van der Waals surface area contributed by atoms with Crippen LogP contribution >= 0.6 is 0 Å². The normalized spacial score (nSPS) is 15.7. The molecule has 0 saturated heterocycles. The van der Waals surface area contributed by atoms with Crippen LogP contribution < -0.4 is 0 Å². The van der Waals surface area contributed by atoms with E-state index in [-0.39, 0.29) is 5.48 Å². The molecule has 0 bridgehead atoms. The molecule has 0 amide bonds. The van der Waals surface area contributed by atoms with Gasteiger partial charge >= 0.3 is 0 Å². The molecule has 1 heterocycles. The Balaban J connectivity index is 0.000000640. The predicted molar refractivity (Wildman–Crippen MR) is 38.8 cm³/mol. The van der Waals surface area contributed by atoms with Crippen LogP contribution in [-0.4, -0.2) is 17.4 Å². The van der Waals surface area contributed by atoms with Crippen LogP contribution in [0.25, 0.3) is 0 Å². The van der Waals surface area contributed by atoms with Crippen LogP contribution in [0.4, 0.5) is 0 Å². The van der Waals surface area contributed by atoms with E-state index < -0.39 is 0 Å². The van der Waals surface area contributed by atoms with E-state index in [1.807, 2.05) is 36.4 Å². The average Bonchev–Trinajstić information content (AvgIpc) is 1.77. The fourth-order valence-electron chi connectivity index (χ4n) is 0.559. The smallest absolute Gasteiger partial charge is 0.0330 e. The van der Waals surface area contributed by atoms with Crippen molar-refractivity contribution in [3.8, 4) is 0 Å². The van der Waals surface area contributed by atoms with Crippen LogP contribution in [0.3, 0.4) is 0 Å². The van der Waals surface area contributed by atoms with Crippen LogP contribution in [0.1, 0.15) is 0 Å². The Morgan fingerprint density at radius 2 is 2.11 bits per heavy atom. The van der Waals surface area contributed by atoms with E-state index in [0.29, 0.717) is 0 Å². The molecule has 2 heteroatoms. The van der Waals surface area contributed by atoms with Gasteiger partial charge in [0, 0.05) is 18.9 Å². The molecule has 1 rings (SSSR count). The molecule has 0 spiro atoms. The van der Waals surface area contributed by atoms with Crippen molar-refractivity contribution in [1.29, 1.82) is 0 Å². The molecular weight excluding hydrogens is 114 g/mol.